The Balaban J connectivity index is 1.80. The van der Waals surface area contributed by atoms with Gasteiger partial charge in [-0.25, -0.2) is 4.79 Å². The highest BCUT2D eigenvalue weighted by molar-refractivity contribution is 7.17. The van der Waals surface area contributed by atoms with E-state index < -0.39 is 12.1 Å². The predicted molar refractivity (Wildman–Crippen MR) is 90.7 cm³/mol. The first-order valence-electron chi connectivity index (χ1n) is 7.79. The Labute approximate surface area is 139 Å². The van der Waals surface area contributed by atoms with Crippen molar-refractivity contribution >= 4 is 23.2 Å². The highest BCUT2D eigenvalue weighted by Crippen LogP contribution is 2.39. The summed E-state index contributed by atoms with van der Waals surface area (Å²) in [6.07, 6.45) is 1.14. The van der Waals surface area contributed by atoms with Gasteiger partial charge < -0.3 is 10.1 Å². The number of carbonyl (C=O) groups excluding carboxylic acids is 2. The fourth-order valence-electron chi connectivity index (χ4n) is 2.76. The Kier molecular flexibility index (Phi) is 4.48. The van der Waals surface area contributed by atoms with Crippen molar-refractivity contribution in [3.63, 3.8) is 0 Å². The van der Waals surface area contributed by atoms with E-state index in [-0.39, 0.29) is 5.91 Å². The van der Waals surface area contributed by atoms with Gasteiger partial charge >= 0.3 is 5.97 Å². The number of amides is 1. The summed E-state index contributed by atoms with van der Waals surface area (Å²) in [5.41, 5.74) is 3.71. The van der Waals surface area contributed by atoms with E-state index in [9.17, 15) is 9.59 Å². The third-order valence-corrected chi connectivity index (χ3v) is 5.13. The first kappa shape index (κ1) is 15.7. The molecule has 0 unspecified atom stereocenters. The maximum Gasteiger partial charge on any atom is 0.349 e. The lowest BCUT2D eigenvalue weighted by atomic mass is 9.91. The third-order valence-electron chi connectivity index (χ3n) is 3.94. The van der Waals surface area contributed by atoms with Crippen LogP contribution in [0.4, 0.5) is 0 Å². The van der Waals surface area contributed by atoms with Gasteiger partial charge in [-0.2, -0.15) is 0 Å². The fraction of sp³-hybridized carbons (Fsp3) is 0.333. The smallest absolute Gasteiger partial charge is 0.349 e. The quantitative estimate of drug-likeness (QED) is 0.877. The van der Waals surface area contributed by atoms with E-state index in [2.05, 4.69) is 17.4 Å². The first-order chi connectivity index (χ1) is 11.1. The van der Waals surface area contributed by atoms with Gasteiger partial charge in [-0.1, -0.05) is 24.3 Å². The summed E-state index contributed by atoms with van der Waals surface area (Å²) in [5.74, 6) is -0.701. The van der Waals surface area contributed by atoms with Crippen LogP contribution >= 0.6 is 11.3 Å². The van der Waals surface area contributed by atoms with Crippen LogP contribution in [-0.4, -0.2) is 24.5 Å². The first-order valence-corrected chi connectivity index (χ1v) is 8.61. The zero-order chi connectivity index (χ0) is 16.4. The van der Waals surface area contributed by atoms with Crippen LogP contribution in [0.3, 0.4) is 0 Å². The summed E-state index contributed by atoms with van der Waals surface area (Å²) in [6, 6.07) is 10.2. The van der Waals surface area contributed by atoms with Crippen LogP contribution in [0.25, 0.3) is 10.4 Å². The number of esters is 1. The van der Waals surface area contributed by atoms with Crippen molar-refractivity contribution in [3.8, 4) is 10.4 Å². The van der Waals surface area contributed by atoms with Gasteiger partial charge in [0.25, 0.3) is 5.91 Å². The lowest BCUT2D eigenvalue weighted by Crippen LogP contribution is -2.35. The molecule has 23 heavy (non-hydrogen) atoms. The summed E-state index contributed by atoms with van der Waals surface area (Å²) in [5, 5.41) is 2.65. The zero-order valence-electron chi connectivity index (χ0n) is 13.2. The summed E-state index contributed by atoms with van der Waals surface area (Å²) >= 11 is 1.45. The Hall–Kier alpha value is -2.14. The van der Waals surface area contributed by atoms with Gasteiger partial charge in [0.2, 0.25) is 0 Å². The number of ether oxygens (including phenoxy) is 1. The molecule has 1 aliphatic carbocycles. The van der Waals surface area contributed by atoms with Gasteiger partial charge in [0.1, 0.15) is 4.88 Å². The summed E-state index contributed by atoms with van der Waals surface area (Å²) in [4.78, 5) is 25.7. The molecule has 1 heterocycles. The van der Waals surface area contributed by atoms with Crippen molar-refractivity contribution in [2.75, 3.05) is 6.54 Å². The van der Waals surface area contributed by atoms with Crippen LogP contribution < -0.4 is 5.32 Å². The number of rotatable bonds is 4. The molecule has 0 saturated heterocycles. The molecule has 5 heteroatoms. The number of aryl methyl sites for hydroxylation is 2. The van der Waals surface area contributed by atoms with Crippen molar-refractivity contribution in [3.05, 3.63) is 46.3 Å². The highest BCUT2D eigenvalue weighted by Gasteiger charge is 2.24. The molecular formula is C18H19NO3S. The number of likely N-dealkylation sites (N-methyl/N-ethyl adjacent to an activating group) is 1. The van der Waals surface area contributed by atoms with Crippen LogP contribution in [0.5, 0.6) is 0 Å². The summed E-state index contributed by atoms with van der Waals surface area (Å²) < 4.78 is 5.28. The van der Waals surface area contributed by atoms with E-state index in [0.29, 0.717) is 11.4 Å². The zero-order valence-corrected chi connectivity index (χ0v) is 14.0. The second-order valence-corrected chi connectivity index (χ2v) is 6.62. The Morgan fingerprint density at radius 2 is 2.00 bits per heavy atom. The molecule has 1 aromatic carbocycles. The van der Waals surface area contributed by atoms with Crippen LogP contribution in [-0.2, 0) is 22.4 Å². The molecular weight excluding hydrogens is 310 g/mol. The van der Waals surface area contributed by atoms with E-state index in [4.69, 9.17) is 4.74 Å². The highest BCUT2D eigenvalue weighted by atomic mass is 32.1. The van der Waals surface area contributed by atoms with Crippen LogP contribution in [0.15, 0.2) is 30.3 Å². The average molecular weight is 329 g/mol. The lowest BCUT2D eigenvalue weighted by Gasteiger charge is -2.15. The molecule has 4 nitrogen and oxygen atoms in total. The number of hydrogen-bond donors (Lipinski definition) is 1. The van der Waals surface area contributed by atoms with Crippen LogP contribution in [0.2, 0.25) is 0 Å². The van der Waals surface area contributed by atoms with Crippen molar-refractivity contribution in [1.82, 2.24) is 5.32 Å². The van der Waals surface area contributed by atoms with Crippen LogP contribution in [0.1, 0.15) is 34.6 Å². The second-order valence-electron chi connectivity index (χ2n) is 5.56. The molecule has 0 radical (unpaired) electrons. The monoisotopic (exact) mass is 329 g/mol. The Morgan fingerprint density at radius 3 is 2.78 bits per heavy atom. The molecule has 0 aliphatic heterocycles. The normalized spacial score (nSPS) is 13.7. The number of hydrogen-bond acceptors (Lipinski definition) is 4. The SMILES string of the molecule is CCNC(=O)[C@@H](C)OC(=O)c1cc2c(s1)-c1ccccc1CC2. The molecule has 1 aliphatic rings. The topological polar surface area (TPSA) is 55.4 Å². The fourth-order valence-corrected chi connectivity index (χ4v) is 3.92. The van der Waals surface area contributed by atoms with Crippen molar-refractivity contribution in [2.45, 2.75) is 32.8 Å². The molecule has 3 rings (SSSR count). The number of fused-ring (bicyclic) bond motifs is 3. The van der Waals surface area contributed by atoms with Crippen molar-refractivity contribution in [2.24, 2.45) is 0 Å². The molecule has 0 bridgehead atoms. The molecule has 0 spiro atoms. The largest absolute Gasteiger partial charge is 0.448 e. The van der Waals surface area contributed by atoms with Crippen molar-refractivity contribution < 1.29 is 14.3 Å². The summed E-state index contributed by atoms with van der Waals surface area (Å²) in [6.45, 7) is 3.94. The third kappa shape index (κ3) is 3.15. The molecule has 0 saturated carbocycles. The number of thiophene rings is 1. The van der Waals surface area contributed by atoms with Gasteiger partial charge in [-0.3, -0.25) is 4.79 Å². The van der Waals surface area contributed by atoms with Crippen LogP contribution in [0, 0.1) is 0 Å². The summed E-state index contributed by atoms with van der Waals surface area (Å²) in [7, 11) is 0. The second kappa shape index (κ2) is 6.54. The van der Waals surface area contributed by atoms with E-state index in [1.165, 1.54) is 28.0 Å². The van der Waals surface area contributed by atoms with Gasteiger partial charge in [0.05, 0.1) is 0 Å². The molecule has 1 amide bonds. The lowest BCUT2D eigenvalue weighted by molar-refractivity contribution is -0.128. The number of benzene rings is 1. The van der Waals surface area contributed by atoms with E-state index in [1.807, 2.05) is 25.1 Å². The number of carbonyl (C=O) groups is 2. The Bertz CT molecular complexity index is 750. The van der Waals surface area contributed by atoms with Gasteiger partial charge in [0, 0.05) is 11.4 Å². The molecule has 120 valence electrons. The molecule has 1 N–H and O–H groups in total. The maximum absolute atomic E-state index is 12.3. The predicted octanol–water partition coefficient (Wildman–Crippen LogP) is 3.20. The molecule has 1 aromatic heterocycles. The molecule has 1 atom stereocenters. The standard InChI is InChI=1S/C18H19NO3S/c1-3-19-17(20)11(2)22-18(21)15-10-13-9-8-12-6-4-5-7-14(12)16(13)23-15/h4-7,10-11H,3,8-9H2,1-2H3,(H,19,20)/t11-/m1/s1. The van der Waals surface area contributed by atoms with Gasteiger partial charge in [-0.15, -0.1) is 11.3 Å². The minimum Gasteiger partial charge on any atom is -0.448 e. The van der Waals surface area contributed by atoms with Crippen molar-refractivity contribution in [1.29, 1.82) is 0 Å². The number of nitrogens with one attached hydrogen (secondary N) is 1. The van der Waals surface area contributed by atoms with Gasteiger partial charge in [0.15, 0.2) is 6.10 Å². The average Bonchev–Trinajstić information content (AvgIpc) is 2.99. The van der Waals surface area contributed by atoms with E-state index in [0.717, 1.165) is 17.7 Å². The van der Waals surface area contributed by atoms with E-state index in [1.54, 1.807) is 6.92 Å². The Morgan fingerprint density at radius 1 is 1.26 bits per heavy atom. The van der Waals surface area contributed by atoms with E-state index >= 15 is 0 Å². The molecule has 2 aromatic rings. The minimum absolute atomic E-state index is 0.271. The van der Waals surface area contributed by atoms with Gasteiger partial charge in [-0.05, 0) is 49.4 Å². The minimum atomic E-state index is -0.783. The maximum atomic E-state index is 12.3. The molecule has 0 fully saturated rings.